The molecule has 0 aliphatic carbocycles. The SMILES string of the molecule is C[C@@H]1C[C@H](N(C)CCCS(C)(=O)=O)CCN1Cc1ccccc1. The van der Waals surface area contributed by atoms with Crippen LogP contribution in [0.4, 0.5) is 0 Å². The van der Waals surface area contributed by atoms with Gasteiger partial charge in [0.15, 0.2) is 0 Å². The first-order valence-electron chi connectivity index (χ1n) is 8.51. The first-order chi connectivity index (χ1) is 10.8. The van der Waals surface area contributed by atoms with Gasteiger partial charge in [0.2, 0.25) is 0 Å². The third-order valence-electron chi connectivity index (χ3n) is 4.86. The molecule has 0 spiro atoms. The Morgan fingerprint density at radius 2 is 1.96 bits per heavy atom. The van der Waals surface area contributed by atoms with E-state index in [1.165, 1.54) is 11.8 Å². The number of hydrogen-bond donors (Lipinski definition) is 0. The molecule has 5 heteroatoms. The van der Waals surface area contributed by atoms with Gasteiger partial charge in [-0.1, -0.05) is 30.3 Å². The van der Waals surface area contributed by atoms with Crippen LogP contribution in [0, 0.1) is 0 Å². The number of sulfone groups is 1. The number of benzene rings is 1. The zero-order valence-electron chi connectivity index (χ0n) is 14.6. The second kappa shape index (κ2) is 8.27. The Bertz CT molecular complexity index is 574. The molecule has 0 unspecified atom stereocenters. The van der Waals surface area contributed by atoms with E-state index in [-0.39, 0.29) is 0 Å². The molecule has 130 valence electrons. The molecule has 0 saturated carbocycles. The lowest BCUT2D eigenvalue weighted by Gasteiger charge is -2.41. The van der Waals surface area contributed by atoms with Crippen molar-refractivity contribution in [2.75, 3.05) is 32.1 Å². The second-order valence-corrected chi connectivity index (χ2v) is 9.21. The van der Waals surface area contributed by atoms with Crippen molar-refractivity contribution in [1.82, 2.24) is 9.80 Å². The van der Waals surface area contributed by atoms with Crippen LogP contribution in [0.5, 0.6) is 0 Å². The summed E-state index contributed by atoms with van der Waals surface area (Å²) in [6, 6.07) is 11.8. The highest BCUT2D eigenvalue weighted by Crippen LogP contribution is 2.23. The number of nitrogens with zero attached hydrogens (tertiary/aromatic N) is 2. The molecule has 2 rings (SSSR count). The molecule has 4 nitrogen and oxygen atoms in total. The maximum Gasteiger partial charge on any atom is 0.147 e. The maximum atomic E-state index is 11.2. The molecule has 1 aliphatic rings. The highest BCUT2D eigenvalue weighted by Gasteiger charge is 2.27. The quantitative estimate of drug-likeness (QED) is 0.765. The van der Waals surface area contributed by atoms with Gasteiger partial charge in [0.05, 0.1) is 5.75 Å². The monoisotopic (exact) mass is 338 g/mol. The average molecular weight is 339 g/mol. The Balaban J connectivity index is 1.78. The number of likely N-dealkylation sites (tertiary alicyclic amines) is 1. The van der Waals surface area contributed by atoms with Crippen molar-refractivity contribution in [2.45, 2.75) is 44.8 Å². The smallest absolute Gasteiger partial charge is 0.147 e. The minimum absolute atomic E-state index is 0.291. The van der Waals surface area contributed by atoms with Crippen LogP contribution in [0.3, 0.4) is 0 Å². The van der Waals surface area contributed by atoms with Crippen LogP contribution in [-0.2, 0) is 16.4 Å². The molecule has 1 fully saturated rings. The van der Waals surface area contributed by atoms with Gasteiger partial charge in [-0.05, 0) is 45.3 Å². The third-order valence-corrected chi connectivity index (χ3v) is 5.89. The largest absolute Gasteiger partial charge is 0.303 e. The van der Waals surface area contributed by atoms with Crippen LogP contribution in [-0.4, -0.2) is 62.4 Å². The van der Waals surface area contributed by atoms with Crippen molar-refractivity contribution in [1.29, 1.82) is 0 Å². The molecule has 0 aromatic heterocycles. The lowest BCUT2D eigenvalue weighted by molar-refractivity contribution is 0.0805. The summed E-state index contributed by atoms with van der Waals surface area (Å²) >= 11 is 0. The molecular formula is C18H30N2O2S. The van der Waals surface area contributed by atoms with Crippen molar-refractivity contribution in [2.24, 2.45) is 0 Å². The summed E-state index contributed by atoms with van der Waals surface area (Å²) in [6.07, 6.45) is 4.36. The third kappa shape index (κ3) is 6.24. The lowest BCUT2D eigenvalue weighted by atomic mass is 9.96. The van der Waals surface area contributed by atoms with E-state index in [2.05, 4.69) is 54.1 Å². The maximum absolute atomic E-state index is 11.2. The Morgan fingerprint density at radius 3 is 2.57 bits per heavy atom. The standard InChI is InChI=1S/C18H30N2O2S/c1-16-14-18(19(2)11-7-13-23(3,21)22)10-12-20(16)15-17-8-5-4-6-9-17/h4-6,8-9,16,18H,7,10-15H2,1-3H3/t16-,18-/m1/s1. The van der Waals surface area contributed by atoms with Gasteiger partial charge in [-0.2, -0.15) is 0 Å². The zero-order valence-corrected chi connectivity index (χ0v) is 15.4. The molecular weight excluding hydrogens is 308 g/mol. The highest BCUT2D eigenvalue weighted by molar-refractivity contribution is 7.90. The number of rotatable bonds is 7. The summed E-state index contributed by atoms with van der Waals surface area (Å²) in [7, 11) is -0.708. The Hall–Kier alpha value is -0.910. The van der Waals surface area contributed by atoms with Crippen molar-refractivity contribution in [3.05, 3.63) is 35.9 Å². The van der Waals surface area contributed by atoms with E-state index in [0.29, 0.717) is 17.8 Å². The summed E-state index contributed by atoms with van der Waals surface area (Å²) in [5.74, 6) is 0.291. The highest BCUT2D eigenvalue weighted by atomic mass is 32.2. The summed E-state index contributed by atoms with van der Waals surface area (Å²) in [5, 5.41) is 0. The van der Waals surface area contributed by atoms with E-state index in [1.54, 1.807) is 0 Å². The molecule has 23 heavy (non-hydrogen) atoms. The fourth-order valence-corrected chi connectivity index (χ4v) is 4.06. The molecule has 0 N–H and O–H groups in total. The minimum Gasteiger partial charge on any atom is -0.303 e. The van der Waals surface area contributed by atoms with Gasteiger partial charge in [-0.15, -0.1) is 0 Å². The van der Waals surface area contributed by atoms with Crippen LogP contribution in [0.25, 0.3) is 0 Å². The molecule has 1 aromatic carbocycles. The molecule has 1 saturated heterocycles. The van der Waals surface area contributed by atoms with Crippen molar-refractivity contribution in [3.8, 4) is 0 Å². The topological polar surface area (TPSA) is 40.6 Å². The number of piperidine rings is 1. The first kappa shape index (κ1) is 18.4. The van der Waals surface area contributed by atoms with E-state index in [9.17, 15) is 8.42 Å². The Morgan fingerprint density at radius 1 is 1.26 bits per heavy atom. The summed E-state index contributed by atoms with van der Waals surface area (Å²) < 4.78 is 22.5. The predicted molar refractivity (Wildman–Crippen MR) is 96.3 cm³/mol. The van der Waals surface area contributed by atoms with E-state index in [0.717, 1.165) is 38.9 Å². The second-order valence-electron chi connectivity index (χ2n) is 6.95. The van der Waals surface area contributed by atoms with Crippen LogP contribution in [0.1, 0.15) is 31.7 Å². The molecule has 1 aliphatic heterocycles. The normalized spacial score (nSPS) is 23.3. The zero-order chi connectivity index (χ0) is 16.9. The average Bonchev–Trinajstić information content (AvgIpc) is 2.49. The molecule has 0 amide bonds. The minimum atomic E-state index is -2.84. The molecule has 0 bridgehead atoms. The first-order valence-corrected chi connectivity index (χ1v) is 10.6. The number of hydrogen-bond acceptors (Lipinski definition) is 4. The van der Waals surface area contributed by atoms with E-state index in [4.69, 9.17) is 0 Å². The predicted octanol–water partition coefficient (Wildman–Crippen LogP) is 2.41. The van der Waals surface area contributed by atoms with E-state index >= 15 is 0 Å². The van der Waals surface area contributed by atoms with E-state index in [1.807, 2.05) is 0 Å². The Kier molecular flexibility index (Phi) is 6.62. The van der Waals surface area contributed by atoms with Gasteiger partial charge in [-0.3, -0.25) is 4.90 Å². The summed E-state index contributed by atoms with van der Waals surface area (Å²) in [6.45, 7) is 5.30. The van der Waals surface area contributed by atoms with Crippen LogP contribution < -0.4 is 0 Å². The van der Waals surface area contributed by atoms with Gasteiger partial charge in [0.1, 0.15) is 9.84 Å². The molecule has 1 heterocycles. The van der Waals surface area contributed by atoms with Gasteiger partial charge in [0, 0.05) is 31.4 Å². The molecule has 1 aromatic rings. The fourth-order valence-electron chi connectivity index (χ4n) is 3.41. The van der Waals surface area contributed by atoms with Crippen molar-refractivity contribution < 1.29 is 8.42 Å². The van der Waals surface area contributed by atoms with Crippen LogP contribution in [0.15, 0.2) is 30.3 Å². The van der Waals surface area contributed by atoms with Gasteiger partial charge in [0.25, 0.3) is 0 Å². The fraction of sp³-hybridized carbons (Fsp3) is 0.667. The van der Waals surface area contributed by atoms with E-state index < -0.39 is 9.84 Å². The lowest BCUT2D eigenvalue weighted by Crippen LogP contribution is -2.47. The van der Waals surface area contributed by atoms with Crippen molar-refractivity contribution >= 4 is 9.84 Å². The molecule has 2 atom stereocenters. The molecule has 0 radical (unpaired) electrons. The van der Waals surface area contributed by atoms with Gasteiger partial charge >= 0.3 is 0 Å². The van der Waals surface area contributed by atoms with Gasteiger partial charge in [-0.25, -0.2) is 8.42 Å². The van der Waals surface area contributed by atoms with Crippen molar-refractivity contribution in [3.63, 3.8) is 0 Å². The Labute approximate surface area is 141 Å². The summed E-state index contributed by atoms with van der Waals surface area (Å²) in [5.41, 5.74) is 1.37. The van der Waals surface area contributed by atoms with Gasteiger partial charge < -0.3 is 4.90 Å². The van der Waals surface area contributed by atoms with Crippen LogP contribution >= 0.6 is 0 Å². The summed E-state index contributed by atoms with van der Waals surface area (Å²) in [4.78, 5) is 4.90. The van der Waals surface area contributed by atoms with Crippen LogP contribution in [0.2, 0.25) is 0 Å².